The van der Waals surface area contributed by atoms with Crippen LogP contribution < -0.4 is 0 Å². The normalized spacial score (nSPS) is 15.9. The van der Waals surface area contributed by atoms with Gasteiger partial charge in [0.05, 0.1) is 4.90 Å². The fraction of sp³-hybridized carbons (Fsp3) is 0.600. The molecule has 17 heteroatoms. The zero-order chi connectivity index (χ0) is 21.9. The molecule has 0 fully saturated rings. The number of rotatable bonds is 6. The summed E-state index contributed by atoms with van der Waals surface area (Å²) in [6, 6.07) is 0.157. The fourth-order valence-corrected chi connectivity index (χ4v) is 3.76. The Kier molecular flexibility index (Phi) is 5.39. The molecule has 0 aliphatic rings. The van der Waals surface area contributed by atoms with E-state index in [1.807, 2.05) is 0 Å². The predicted molar refractivity (Wildman–Crippen MR) is 62.3 cm³/mol. The largest absolute Gasteiger partial charge is 0.460 e. The zero-order valence-corrected chi connectivity index (χ0v) is 13.4. The summed E-state index contributed by atoms with van der Waals surface area (Å²) in [5.41, 5.74) is 0. The van der Waals surface area contributed by atoms with E-state index in [2.05, 4.69) is 0 Å². The van der Waals surface area contributed by atoms with E-state index in [1.165, 1.54) is 0 Å². The van der Waals surface area contributed by atoms with Gasteiger partial charge in [-0.25, -0.2) is 8.42 Å². The quantitative estimate of drug-likeness (QED) is 0.539. The molecule has 0 amide bonds. The molecule has 0 unspecified atom stereocenters. The van der Waals surface area contributed by atoms with Crippen LogP contribution in [-0.2, 0) is 9.84 Å². The number of thiophene rings is 1. The molecule has 0 atom stereocenters. The van der Waals surface area contributed by atoms with Crippen molar-refractivity contribution < 1.29 is 65.5 Å². The number of alkyl halides is 13. The van der Waals surface area contributed by atoms with E-state index in [0.717, 1.165) is 0 Å². The molecule has 1 rings (SSSR count). The molecular formula is C10H3F13O2S2. The van der Waals surface area contributed by atoms with Gasteiger partial charge in [0.25, 0.3) is 9.84 Å². The topological polar surface area (TPSA) is 34.1 Å². The Morgan fingerprint density at radius 1 is 0.667 bits per heavy atom. The van der Waals surface area contributed by atoms with Gasteiger partial charge in [-0.15, -0.1) is 0 Å². The zero-order valence-electron chi connectivity index (χ0n) is 11.8. The smallest absolute Gasteiger partial charge is 0.217 e. The van der Waals surface area contributed by atoms with Gasteiger partial charge in [0.15, 0.2) is 0 Å². The van der Waals surface area contributed by atoms with Crippen LogP contribution in [-0.4, -0.2) is 43.5 Å². The number of hydrogen-bond donors (Lipinski definition) is 0. The van der Waals surface area contributed by atoms with Crippen molar-refractivity contribution in [2.45, 2.75) is 40.0 Å². The summed E-state index contributed by atoms with van der Waals surface area (Å²) < 4.78 is 190. The lowest BCUT2D eigenvalue weighted by Gasteiger charge is -2.39. The minimum atomic E-state index is -8.15. The third kappa shape index (κ3) is 2.96. The Morgan fingerprint density at radius 3 is 1.41 bits per heavy atom. The molecule has 2 nitrogen and oxygen atoms in total. The lowest BCUT2D eigenvalue weighted by Crippen LogP contribution is -2.71. The fourth-order valence-electron chi connectivity index (χ4n) is 1.48. The van der Waals surface area contributed by atoms with E-state index in [9.17, 15) is 65.5 Å². The Morgan fingerprint density at radius 2 is 1.07 bits per heavy atom. The summed E-state index contributed by atoms with van der Waals surface area (Å²) in [6.07, 6.45) is -7.56. The Balaban J connectivity index is 3.65. The lowest BCUT2D eigenvalue weighted by molar-refractivity contribution is -0.433. The molecule has 0 aliphatic carbocycles. The summed E-state index contributed by atoms with van der Waals surface area (Å²) in [4.78, 5) is -1.78. The van der Waals surface area contributed by atoms with Crippen molar-refractivity contribution in [2.75, 3.05) is 0 Å². The molecule has 0 aromatic carbocycles. The summed E-state index contributed by atoms with van der Waals surface area (Å²) in [5.74, 6) is -32.1. The molecule has 27 heavy (non-hydrogen) atoms. The van der Waals surface area contributed by atoms with Crippen molar-refractivity contribution >= 4 is 21.2 Å². The summed E-state index contributed by atoms with van der Waals surface area (Å²) in [5, 5.41) is -6.35. The summed E-state index contributed by atoms with van der Waals surface area (Å²) in [7, 11) is -6.89. The first-order chi connectivity index (χ1) is 11.6. The van der Waals surface area contributed by atoms with E-state index >= 15 is 0 Å². The highest BCUT2D eigenvalue weighted by atomic mass is 32.2. The van der Waals surface area contributed by atoms with Crippen molar-refractivity contribution in [2.24, 2.45) is 0 Å². The Hall–Kier alpha value is -1.26. The maximum atomic E-state index is 13.6. The second kappa shape index (κ2) is 6.12. The van der Waals surface area contributed by atoms with Crippen molar-refractivity contribution in [3.05, 3.63) is 16.8 Å². The van der Waals surface area contributed by atoms with Gasteiger partial charge >= 0.3 is 35.1 Å². The van der Waals surface area contributed by atoms with Gasteiger partial charge in [0.2, 0.25) is 0 Å². The van der Waals surface area contributed by atoms with Gasteiger partial charge in [-0.3, -0.25) is 0 Å². The second-order valence-corrected chi connectivity index (χ2v) is 7.55. The summed E-state index contributed by atoms with van der Waals surface area (Å²) >= 11 is 0.252. The van der Waals surface area contributed by atoms with Gasteiger partial charge in [-0.2, -0.15) is 68.4 Å². The van der Waals surface area contributed by atoms with Crippen LogP contribution in [0.1, 0.15) is 0 Å². The maximum Gasteiger partial charge on any atom is 0.460 e. The molecule has 0 saturated carbocycles. The van der Waals surface area contributed by atoms with Crippen molar-refractivity contribution in [1.29, 1.82) is 0 Å². The average molecular weight is 466 g/mol. The Labute approximate surface area is 144 Å². The minimum absolute atomic E-state index is 0.157. The highest BCUT2D eigenvalue weighted by molar-refractivity contribution is 7.92. The van der Waals surface area contributed by atoms with Crippen LogP contribution in [0.3, 0.4) is 0 Å². The predicted octanol–water partition coefficient (Wildman–Crippen LogP) is 5.22. The van der Waals surface area contributed by atoms with Crippen molar-refractivity contribution in [3.8, 4) is 0 Å². The molecular weight excluding hydrogens is 463 g/mol. The first-order valence-corrected chi connectivity index (χ1v) is 8.26. The SMILES string of the molecule is O=S(=O)(c1ccsc1)C(F)(F)C(F)(F)C(F)(F)C(F)(F)C(F)(F)C(F)(F)F. The van der Waals surface area contributed by atoms with E-state index in [1.54, 1.807) is 0 Å². The molecule has 0 N–H and O–H groups in total. The number of hydrogen-bond acceptors (Lipinski definition) is 3. The monoisotopic (exact) mass is 466 g/mol. The molecule has 0 spiro atoms. The van der Waals surface area contributed by atoms with Gasteiger partial charge in [0.1, 0.15) is 0 Å². The molecule has 0 aliphatic heterocycles. The number of sulfone groups is 1. The van der Waals surface area contributed by atoms with E-state index in [-0.39, 0.29) is 22.8 Å². The van der Waals surface area contributed by atoms with Crippen LogP contribution in [0.25, 0.3) is 0 Å². The van der Waals surface area contributed by atoms with Gasteiger partial charge in [-0.1, -0.05) is 0 Å². The van der Waals surface area contributed by atoms with Gasteiger partial charge < -0.3 is 0 Å². The van der Waals surface area contributed by atoms with Crippen LogP contribution in [0.2, 0.25) is 0 Å². The van der Waals surface area contributed by atoms with Crippen LogP contribution in [0, 0.1) is 0 Å². The van der Waals surface area contributed by atoms with Crippen LogP contribution in [0.15, 0.2) is 21.7 Å². The van der Waals surface area contributed by atoms with Crippen molar-refractivity contribution in [3.63, 3.8) is 0 Å². The summed E-state index contributed by atoms with van der Waals surface area (Å²) in [6.45, 7) is 0. The maximum absolute atomic E-state index is 13.6. The first-order valence-electron chi connectivity index (χ1n) is 5.83. The van der Waals surface area contributed by atoms with Crippen LogP contribution in [0.4, 0.5) is 57.1 Å². The molecule has 0 radical (unpaired) electrons. The van der Waals surface area contributed by atoms with Gasteiger partial charge in [-0.05, 0) is 11.4 Å². The van der Waals surface area contributed by atoms with Crippen LogP contribution in [0.5, 0.6) is 0 Å². The van der Waals surface area contributed by atoms with Gasteiger partial charge in [0, 0.05) is 5.38 Å². The molecule has 1 heterocycles. The molecule has 0 saturated heterocycles. The first kappa shape index (κ1) is 23.8. The van der Waals surface area contributed by atoms with E-state index in [4.69, 9.17) is 0 Å². The lowest BCUT2D eigenvalue weighted by atomic mass is 9.98. The number of halogens is 13. The van der Waals surface area contributed by atoms with E-state index in [0.29, 0.717) is 5.38 Å². The molecule has 0 bridgehead atoms. The standard InChI is InChI=1S/C10H3F13O2S2/c11-5(12,7(15,16)9(19,20)21)6(13,14)8(17,18)10(22,23)27(24,25)4-1-2-26-3-4/h1-3H. The van der Waals surface area contributed by atoms with Crippen LogP contribution >= 0.6 is 11.3 Å². The Bertz CT molecular complexity index is 777. The molecule has 1 aromatic rings. The molecule has 158 valence electrons. The third-order valence-electron chi connectivity index (χ3n) is 3.05. The highest BCUT2D eigenvalue weighted by Crippen LogP contribution is 2.61. The minimum Gasteiger partial charge on any atom is -0.217 e. The molecule has 1 aromatic heterocycles. The second-order valence-electron chi connectivity index (χ2n) is 4.77. The third-order valence-corrected chi connectivity index (χ3v) is 5.69. The highest BCUT2D eigenvalue weighted by Gasteiger charge is 2.92. The van der Waals surface area contributed by atoms with Crippen molar-refractivity contribution in [1.82, 2.24) is 0 Å². The van der Waals surface area contributed by atoms with E-state index < -0.39 is 49.9 Å². The average Bonchev–Trinajstić information content (AvgIpc) is 2.99.